The van der Waals surface area contributed by atoms with Gasteiger partial charge in [-0.25, -0.2) is 12.8 Å². The molecule has 0 spiro atoms. The van der Waals surface area contributed by atoms with Crippen LogP contribution in [0.4, 0.5) is 4.39 Å². The van der Waals surface area contributed by atoms with Gasteiger partial charge in [-0.15, -0.1) is 0 Å². The van der Waals surface area contributed by atoms with Crippen LogP contribution in [0.25, 0.3) is 16.2 Å². The highest BCUT2D eigenvalue weighted by Gasteiger charge is 2.13. The first-order valence-electron chi connectivity index (χ1n) is 7.49. The Morgan fingerprint density at radius 2 is 1.36 bits per heavy atom. The predicted octanol–water partition coefficient (Wildman–Crippen LogP) is 5.50. The highest BCUT2D eigenvalue weighted by atomic mass is 35.5. The van der Waals surface area contributed by atoms with E-state index < -0.39 is 15.7 Å². The van der Waals surface area contributed by atoms with E-state index in [1.54, 1.807) is 12.1 Å². The zero-order valence-corrected chi connectivity index (χ0v) is 14.6. The maximum atomic E-state index is 12.9. The van der Waals surface area contributed by atoms with Crippen LogP contribution in [0.2, 0.25) is 0 Å². The van der Waals surface area contributed by atoms with Crippen molar-refractivity contribution >= 4 is 26.5 Å². The average Bonchev–Trinajstić information content (AvgIpc) is 2.62. The van der Waals surface area contributed by atoms with E-state index in [1.165, 1.54) is 12.1 Å². The standard InChI is InChI=1S/C20H14ClFO2S/c21-20(14-25(23,24)19-12-10-18(22)11-13-19)17-8-6-16(7-9-17)15-4-2-1-3-5-15/h1-14H/b20-14+. The lowest BCUT2D eigenvalue weighted by Crippen LogP contribution is -1.97. The molecule has 0 atom stereocenters. The lowest BCUT2D eigenvalue weighted by Gasteiger charge is -2.05. The van der Waals surface area contributed by atoms with Crippen LogP contribution in [0.3, 0.4) is 0 Å². The van der Waals surface area contributed by atoms with E-state index in [4.69, 9.17) is 11.6 Å². The van der Waals surface area contributed by atoms with Crippen molar-refractivity contribution in [2.24, 2.45) is 0 Å². The van der Waals surface area contributed by atoms with Crippen LogP contribution in [0.1, 0.15) is 5.56 Å². The van der Waals surface area contributed by atoms with Crippen LogP contribution < -0.4 is 0 Å². The fourth-order valence-corrected chi connectivity index (χ4v) is 3.89. The number of benzene rings is 3. The monoisotopic (exact) mass is 372 g/mol. The minimum atomic E-state index is -3.75. The minimum Gasteiger partial charge on any atom is -0.219 e. The Balaban J connectivity index is 1.88. The molecule has 25 heavy (non-hydrogen) atoms. The first-order valence-corrected chi connectivity index (χ1v) is 9.42. The lowest BCUT2D eigenvalue weighted by atomic mass is 10.0. The summed E-state index contributed by atoms with van der Waals surface area (Å²) < 4.78 is 37.6. The van der Waals surface area contributed by atoms with Crippen LogP contribution in [-0.2, 0) is 9.84 Å². The molecule has 3 aromatic carbocycles. The molecule has 0 saturated heterocycles. The van der Waals surface area contributed by atoms with Gasteiger partial charge in [0, 0.05) is 0 Å². The number of hydrogen-bond acceptors (Lipinski definition) is 2. The largest absolute Gasteiger partial charge is 0.219 e. The Hall–Kier alpha value is -2.43. The number of sulfone groups is 1. The molecule has 0 N–H and O–H groups in total. The number of rotatable bonds is 4. The highest BCUT2D eigenvalue weighted by molar-refractivity contribution is 7.94. The molecule has 3 rings (SSSR count). The summed E-state index contributed by atoms with van der Waals surface area (Å²) in [5, 5.41) is 1.09. The lowest BCUT2D eigenvalue weighted by molar-refractivity contribution is 0.603. The van der Waals surface area contributed by atoms with E-state index >= 15 is 0 Å². The third-order valence-electron chi connectivity index (χ3n) is 3.67. The van der Waals surface area contributed by atoms with E-state index in [2.05, 4.69) is 0 Å². The molecule has 0 heterocycles. The van der Waals surface area contributed by atoms with Crippen molar-refractivity contribution in [2.75, 3.05) is 0 Å². The zero-order chi connectivity index (χ0) is 17.9. The maximum absolute atomic E-state index is 12.9. The fourth-order valence-electron chi connectivity index (χ4n) is 2.35. The second-order valence-electron chi connectivity index (χ2n) is 5.41. The van der Waals surface area contributed by atoms with Crippen LogP contribution >= 0.6 is 11.6 Å². The van der Waals surface area contributed by atoms with Crippen molar-refractivity contribution < 1.29 is 12.8 Å². The van der Waals surface area contributed by atoms with E-state index in [-0.39, 0.29) is 9.93 Å². The minimum absolute atomic E-state index is 0.00652. The van der Waals surface area contributed by atoms with Crippen molar-refractivity contribution in [3.8, 4) is 11.1 Å². The van der Waals surface area contributed by atoms with Gasteiger partial charge in [-0.3, -0.25) is 0 Å². The summed E-state index contributed by atoms with van der Waals surface area (Å²) in [6.07, 6.45) is 0. The summed E-state index contributed by atoms with van der Waals surface area (Å²) in [5.74, 6) is -0.495. The number of hydrogen-bond donors (Lipinski definition) is 0. The zero-order valence-electron chi connectivity index (χ0n) is 13.1. The molecule has 0 amide bonds. The summed E-state index contributed by atoms with van der Waals surface area (Å²) in [6, 6.07) is 21.7. The first kappa shape index (κ1) is 17.4. The Bertz CT molecular complexity index is 994. The van der Waals surface area contributed by atoms with E-state index in [0.29, 0.717) is 5.56 Å². The molecule has 0 aliphatic heterocycles. The fraction of sp³-hybridized carbons (Fsp3) is 0. The van der Waals surface area contributed by atoms with E-state index in [1.807, 2.05) is 42.5 Å². The van der Waals surface area contributed by atoms with Gasteiger partial charge in [0.1, 0.15) is 5.82 Å². The first-order chi connectivity index (χ1) is 12.0. The van der Waals surface area contributed by atoms with Crippen molar-refractivity contribution in [3.63, 3.8) is 0 Å². The Kier molecular flexibility index (Phi) is 5.02. The van der Waals surface area contributed by atoms with Gasteiger partial charge in [0.15, 0.2) is 0 Å². The molecular formula is C20H14ClFO2S. The quantitative estimate of drug-likeness (QED) is 0.566. The topological polar surface area (TPSA) is 34.1 Å². The Morgan fingerprint density at radius 3 is 1.96 bits per heavy atom. The second kappa shape index (κ2) is 7.21. The summed E-state index contributed by atoms with van der Waals surface area (Å²) >= 11 is 6.18. The molecule has 3 aromatic rings. The van der Waals surface area contributed by atoms with Gasteiger partial charge in [-0.05, 0) is 41.0 Å². The second-order valence-corrected chi connectivity index (χ2v) is 7.61. The van der Waals surface area contributed by atoms with Crippen LogP contribution in [-0.4, -0.2) is 8.42 Å². The summed E-state index contributed by atoms with van der Waals surface area (Å²) in [5.41, 5.74) is 2.66. The van der Waals surface area contributed by atoms with Gasteiger partial charge in [0.05, 0.1) is 15.3 Å². The van der Waals surface area contributed by atoms with Crippen LogP contribution in [0, 0.1) is 5.82 Å². The molecule has 126 valence electrons. The molecule has 5 heteroatoms. The van der Waals surface area contributed by atoms with Gasteiger partial charge in [0.25, 0.3) is 0 Å². The Morgan fingerprint density at radius 1 is 0.800 bits per heavy atom. The molecule has 0 saturated carbocycles. The van der Waals surface area contributed by atoms with Crippen LogP contribution in [0.5, 0.6) is 0 Å². The van der Waals surface area contributed by atoms with E-state index in [9.17, 15) is 12.8 Å². The van der Waals surface area contributed by atoms with Gasteiger partial charge in [-0.1, -0.05) is 66.2 Å². The van der Waals surface area contributed by atoms with Crippen molar-refractivity contribution in [3.05, 3.63) is 95.7 Å². The predicted molar refractivity (Wildman–Crippen MR) is 99.3 cm³/mol. The maximum Gasteiger partial charge on any atom is 0.201 e. The van der Waals surface area contributed by atoms with Crippen molar-refractivity contribution in [1.29, 1.82) is 0 Å². The molecular weight excluding hydrogens is 359 g/mol. The van der Waals surface area contributed by atoms with Gasteiger partial charge in [0.2, 0.25) is 9.84 Å². The summed E-state index contributed by atoms with van der Waals surface area (Å²) in [7, 11) is -3.75. The highest BCUT2D eigenvalue weighted by Crippen LogP contribution is 2.26. The third kappa shape index (κ3) is 4.16. The van der Waals surface area contributed by atoms with Gasteiger partial charge >= 0.3 is 0 Å². The SMILES string of the molecule is O=S(=O)(/C=C(/Cl)c1ccc(-c2ccccc2)cc1)c1ccc(F)cc1. The van der Waals surface area contributed by atoms with E-state index in [0.717, 1.165) is 28.7 Å². The molecule has 0 aliphatic rings. The normalized spacial score (nSPS) is 12.2. The van der Waals surface area contributed by atoms with Crippen LogP contribution in [0.15, 0.2) is 89.2 Å². The van der Waals surface area contributed by atoms with Crippen molar-refractivity contribution in [1.82, 2.24) is 0 Å². The smallest absolute Gasteiger partial charge is 0.201 e. The summed E-state index contributed by atoms with van der Waals surface area (Å²) in [4.78, 5) is -0.00652. The molecule has 0 aliphatic carbocycles. The summed E-state index contributed by atoms with van der Waals surface area (Å²) in [6.45, 7) is 0. The average molecular weight is 373 g/mol. The van der Waals surface area contributed by atoms with Gasteiger partial charge < -0.3 is 0 Å². The molecule has 0 unspecified atom stereocenters. The molecule has 0 radical (unpaired) electrons. The van der Waals surface area contributed by atoms with Gasteiger partial charge in [-0.2, -0.15) is 0 Å². The Labute approximate surface area is 151 Å². The molecule has 0 fully saturated rings. The molecule has 0 bridgehead atoms. The third-order valence-corrected chi connectivity index (χ3v) is 5.60. The molecule has 0 aromatic heterocycles. The number of halogens is 2. The van der Waals surface area contributed by atoms with Crippen molar-refractivity contribution in [2.45, 2.75) is 4.90 Å². The molecule has 2 nitrogen and oxygen atoms in total.